The van der Waals surface area contributed by atoms with Crippen molar-refractivity contribution >= 4 is 5.97 Å². The van der Waals surface area contributed by atoms with Crippen LogP contribution in [0.1, 0.15) is 20.8 Å². The summed E-state index contributed by atoms with van der Waals surface area (Å²) in [6.45, 7) is 8.14. The molecule has 0 radical (unpaired) electrons. The Kier molecular flexibility index (Phi) is 8.57. The van der Waals surface area contributed by atoms with Crippen LogP contribution in [0.4, 0.5) is 0 Å². The second-order valence-corrected chi connectivity index (χ2v) is 3.13. The molecule has 0 heterocycles. The van der Waals surface area contributed by atoms with Crippen molar-refractivity contribution < 1.29 is 19.0 Å². The molecule has 14 heavy (non-hydrogen) atoms. The third-order valence-corrected chi connectivity index (χ3v) is 1.52. The number of esters is 1. The Balaban J connectivity index is 3.10. The molecule has 0 saturated heterocycles. The lowest BCUT2D eigenvalue weighted by molar-refractivity contribution is -0.149. The molecule has 0 bridgehead atoms. The summed E-state index contributed by atoms with van der Waals surface area (Å²) in [6.07, 6.45) is 0. The average Bonchev–Trinajstić information content (AvgIpc) is 2.16. The van der Waals surface area contributed by atoms with Crippen molar-refractivity contribution in [2.24, 2.45) is 5.92 Å². The fourth-order valence-electron chi connectivity index (χ4n) is 0.732. The lowest BCUT2D eigenvalue weighted by atomic mass is 10.2. The molecule has 0 aromatic carbocycles. The second-order valence-electron chi connectivity index (χ2n) is 3.13. The Bertz CT molecular complexity index is 145. The summed E-state index contributed by atoms with van der Waals surface area (Å²) in [4.78, 5) is 11.0. The van der Waals surface area contributed by atoms with E-state index in [1.54, 1.807) is 13.8 Å². The molecule has 0 aliphatic carbocycles. The van der Waals surface area contributed by atoms with Gasteiger partial charge in [0.05, 0.1) is 25.7 Å². The van der Waals surface area contributed by atoms with Crippen LogP contribution >= 0.6 is 0 Å². The van der Waals surface area contributed by atoms with E-state index in [0.29, 0.717) is 33.0 Å². The maximum absolute atomic E-state index is 11.0. The zero-order chi connectivity index (χ0) is 10.8. The molecule has 0 fully saturated rings. The largest absolute Gasteiger partial charge is 0.463 e. The minimum absolute atomic E-state index is 0.0709. The molecule has 4 nitrogen and oxygen atoms in total. The third-order valence-electron chi connectivity index (χ3n) is 1.52. The van der Waals surface area contributed by atoms with Crippen LogP contribution in [0.25, 0.3) is 0 Å². The van der Waals surface area contributed by atoms with Crippen molar-refractivity contribution in [1.82, 2.24) is 0 Å². The Morgan fingerprint density at radius 2 is 1.64 bits per heavy atom. The quantitative estimate of drug-likeness (QED) is 0.441. The molecule has 84 valence electrons. The number of ether oxygens (including phenoxy) is 3. The number of rotatable bonds is 8. The van der Waals surface area contributed by atoms with Crippen LogP contribution in [0.2, 0.25) is 0 Å². The molecular formula is C10H20O4. The van der Waals surface area contributed by atoms with Gasteiger partial charge in [0.15, 0.2) is 0 Å². The molecule has 0 amide bonds. The highest BCUT2D eigenvalue weighted by molar-refractivity contribution is 5.71. The number of hydrogen-bond donors (Lipinski definition) is 0. The summed E-state index contributed by atoms with van der Waals surface area (Å²) < 4.78 is 15.1. The predicted octanol–water partition coefficient (Wildman–Crippen LogP) is 1.24. The van der Waals surface area contributed by atoms with Crippen molar-refractivity contribution in [2.45, 2.75) is 20.8 Å². The molecule has 0 unspecified atom stereocenters. The fraction of sp³-hybridized carbons (Fsp3) is 0.900. The smallest absolute Gasteiger partial charge is 0.308 e. The van der Waals surface area contributed by atoms with Gasteiger partial charge in [-0.25, -0.2) is 0 Å². The number of carbonyl (C=O) groups excluding carboxylic acids is 1. The van der Waals surface area contributed by atoms with E-state index in [0.717, 1.165) is 0 Å². The first-order chi connectivity index (χ1) is 6.68. The van der Waals surface area contributed by atoms with Gasteiger partial charge in [0, 0.05) is 6.61 Å². The van der Waals surface area contributed by atoms with Crippen LogP contribution in [-0.2, 0) is 19.0 Å². The van der Waals surface area contributed by atoms with E-state index in [4.69, 9.17) is 14.2 Å². The van der Waals surface area contributed by atoms with Gasteiger partial charge in [0.25, 0.3) is 0 Å². The van der Waals surface area contributed by atoms with Crippen LogP contribution in [0, 0.1) is 5.92 Å². The predicted molar refractivity (Wildman–Crippen MR) is 53.1 cm³/mol. The molecule has 0 aromatic heterocycles. The van der Waals surface area contributed by atoms with Gasteiger partial charge in [-0.3, -0.25) is 4.79 Å². The van der Waals surface area contributed by atoms with Gasteiger partial charge in [0.2, 0.25) is 0 Å². The standard InChI is InChI=1S/C10H20O4/c1-4-12-5-6-13-7-8-14-10(11)9(2)3/h9H,4-8H2,1-3H3. The summed E-state index contributed by atoms with van der Waals surface area (Å²) in [5.41, 5.74) is 0. The minimum atomic E-state index is -0.182. The summed E-state index contributed by atoms with van der Waals surface area (Å²) in [7, 11) is 0. The van der Waals surface area contributed by atoms with E-state index in [1.807, 2.05) is 6.92 Å². The first-order valence-electron chi connectivity index (χ1n) is 5.00. The van der Waals surface area contributed by atoms with E-state index < -0.39 is 0 Å². The SMILES string of the molecule is CCOCCOCCOC(=O)C(C)C. The summed E-state index contributed by atoms with van der Waals surface area (Å²) in [5.74, 6) is -0.253. The Morgan fingerprint density at radius 3 is 2.21 bits per heavy atom. The average molecular weight is 204 g/mol. The number of hydrogen-bond acceptors (Lipinski definition) is 4. The van der Waals surface area contributed by atoms with Crippen molar-refractivity contribution in [2.75, 3.05) is 33.0 Å². The van der Waals surface area contributed by atoms with Gasteiger partial charge in [-0.05, 0) is 6.92 Å². The molecule has 0 aromatic rings. The van der Waals surface area contributed by atoms with Crippen LogP contribution in [-0.4, -0.2) is 39.0 Å². The third kappa shape index (κ3) is 8.01. The Morgan fingerprint density at radius 1 is 1.07 bits per heavy atom. The maximum atomic E-state index is 11.0. The van der Waals surface area contributed by atoms with Gasteiger partial charge in [-0.1, -0.05) is 13.8 Å². The van der Waals surface area contributed by atoms with E-state index in [2.05, 4.69) is 0 Å². The summed E-state index contributed by atoms with van der Waals surface area (Å²) >= 11 is 0. The Hall–Kier alpha value is -0.610. The first kappa shape index (κ1) is 13.4. The molecule has 4 heteroatoms. The van der Waals surface area contributed by atoms with Gasteiger partial charge >= 0.3 is 5.97 Å². The summed E-state index contributed by atoms with van der Waals surface area (Å²) in [5, 5.41) is 0. The fourth-order valence-corrected chi connectivity index (χ4v) is 0.732. The van der Waals surface area contributed by atoms with Crippen molar-refractivity contribution in [3.8, 4) is 0 Å². The molecule has 0 aliphatic rings. The maximum Gasteiger partial charge on any atom is 0.308 e. The van der Waals surface area contributed by atoms with Crippen molar-refractivity contribution in [1.29, 1.82) is 0 Å². The zero-order valence-corrected chi connectivity index (χ0v) is 9.25. The van der Waals surface area contributed by atoms with Crippen molar-refractivity contribution in [3.63, 3.8) is 0 Å². The molecule has 0 N–H and O–H groups in total. The first-order valence-corrected chi connectivity index (χ1v) is 5.00. The molecule has 0 spiro atoms. The van der Waals surface area contributed by atoms with E-state index in [1.165, 1.54) is 0 Å². The zero-order valence-electron chi connectivity index (χ0n) is 9.25. The topological polar surface area (TPSA) is 44.8 Å². The summed E-state index contributed by atoms with van der Waals surface area (Å²) in [6, 6.07) is 0. The Labute approximate surface area is 85.5 Å². The molecule has 0 saturated carbocycles. The normalized spacial score (nSPS) is 10.6. The highest BCUT2D eigenvalue weighted by Gasteiger charge is 2.06. The van der Waals surface area contributed by atoms with Crippen LogP contribution in [0.5, 0.6) is 0 Å². The monoisotopic (exact) mass is 204 g/mol. The second kappa shape index (κ2) is 8.97. The lowest BCUT2D eigenvalue weighted by Crippen LogP contribution is -2.16. The highest BCUT2D eigenvalue weighted by atomic mass is 16.6. The van der Waals surface area contributed by atoms with Crippen LogP contribution < -0.4 is 0 Å². The van der Waals surface area contributed by atoms with Gasteiger partial charge in [0.1, 0.15) is 6.61 Å². The van der Waals surface area contributed by atoms with Crippen LogP contribution in [0.15, 0.2) is 0 Å². The molecule has 0 rings (SSSR count). The minimum Gasteiger partial charge on any atom is -0.463 e. The van der Waals surface area contributed by atoms with Gasteiger partial charge in [-0.15, -0.1) is 0 Å². The van der Waals surface area contributed by atoms with E-state index >= 15 is 0 Å². The van der Waals surface area contributed by atoms with E-state index in [-0.39, 0.29) is 11.9 Å². The lowest BCUT2D eigenvalue weighted by Gasteiger charge is -2.07. The van der Waals surface area contributed by atoms with Crippen molar-refractivity contribution in [3.05, 3.63) is 0 Å². The van der Waals surface area contributed by atoms with Gasteiger partial charge in [-0.2, -0.15) is 0 Å². The molecule has 0 aliphatic heterocycles. The number of carbonyl (C=O) groups is 1. The van der Waals surface area contributed by atoms with Gasteiger partial charge < -0.3 is 14.2 Å². The van der Waals surface area contributed by atoms with E-state index in [9.17, 15) is 4.79 Å². The highest BCUT2D eigenvalue weighted by Crippen LogP contribution is 1.95. The molecular weight excluding hydrogens is 184 g/mol. The van der Waals surface area contributed by atoms with Crippen LogP contribution in [0.3, 0.4) is 0 Å². The molecule has 0 atom stereocenters.